The van der Waals surface area contributed by atoms with Gasteiger partial charge in [0.25, 0.3) is 0 Å². The van der Waals surface area contributed by atoms with Gasteiger partial charge in [-0.2, -0.15) is 22.0 Å². The van der Waals surface area contributed by atoms with Gasteiger partial charge < -0.3 is 14.9 Å². The summed E-state index contributed by atoms with van der Waals surface area (Å²) in [5.74, 6) is -10.9. The molecule has 0 aliphatic rings. The van der Waals surface area contributed by atoms with Crippen LogP contribution in [0.2, 0.25) is 0 Å². The number of carbonyl (C=O) groups excluding carboxylic acids is 1. The van der Waals surface area contributed by atoms with Crippen molar-refractivity contribution in [2.75, 3.05) is 0 Å². The highest BCUT2D eigenvalue weighted by molar-refractivity contribution is 14.1. The van der Waals surface area contributed by atoms with Gasteiger partial charge in [0.05, 0.1) is 7.14 Å². The molecule has 1 aromatic rings. The van der Waals surface area contributed by atoms with Crippen LogP contribution in [0.25, 0.3) is 0 Å². The summed E-state index contributed by atoms with van der Waals surface area (Å²) in [5.41, 5.74) is -0.707. The number of carboxylic acids is 1. The number of ether oxygens (including phenoxy) is 1. The number of hydrogen-bond acceptors (Lipinski definition) is 4. The van der Waals surface area contributed by atoms with Crippen LogP contribution in [0.4, 0.5) is 22.0 Å². The number of aromatic hydroxyl groups is 1. The molecule has 0 fully saturated rings. The second kappa shape index (κ2) is 6.90. The molecule has 5 nitrogen and oxygen atoms in total. The van der Waals surface area contributed by atoms with Crippen molar-refractivity contribution in [3.63, 3.8) is 0 Å². The monoisotopic (exact) mass is 566 g/mol. The molecular weight excluding hydrogens is 561 g/mol. The minimum Gasteiger partial charge on any atom is -0.506 e. The first-order chi connectivity index (χ1) is 10.3. The van der Waals surface area contributed by atoms with Crippen molar-refractivity contribution in [3.8, 4) is 5.75 Å². The van der Waals surface area contributed by atoms with Gasteiger partial charge >= 0.3 is 24.0 Å². The molecule has 1 unspecified atom stereocenters. The molecule has 0 heterocycles. The predicted octanol–water partition coefficient (Wildman–Crippen LogP) is 3.47. The van der Waals surface area contributed by atoms with E-state index in [0.717, 1.165) is 12.1 Å². The molecule has 1 atom stereocenters. The van der Waals surface area contributed by atoms with Gasteiger partial charge in [0.1, 0.15) is 5.75 Å². The van der Waals surface area contributed by atoms with Gasteiger partial charge in [0.15, 0.2) is 0 Å². The van der Waals surface area contributed by atoms with Crippen LogP contribution in [0.3, 0.4) is 0 Å². The minimum atomic E-state index is -5.58. The first-order valence-electron chi connectivity index (χ1n) is 5.35. The number of hydrogen-bond donors (Lipinski definition) is 2. The van der Waals surface area contributed by atoms with Crippen molar-refractivity contribution in [1.29, 1.82) is 0 Å². The zero-order valence-corrected chi connectivity index (χ0v) is 14.8. The summed E-state index contributed by atoms with van der Waals surface area (Å²) < 4.78 is 67.7. The topological polar surface area (TPSA) is 83.8 Å². The maximum Gasteiger partial charge on any atom is 0.490 e. The van der Waals surface area contributed by atoms with Crippen molar-refractivity contribution >= 4 is 57.1 Å². The first-order valence-corrected chi connectivity index (χ1v) is 7.51. The van der Waals surface area contributed by atoms with E-state index in [4.69, 9.17) is 5.11 Å². The fourth-order valence-electron chi connectivity index (χ4n) is 1.37. The van der Waals surface area contributed by atoms with Crippen LogP contribution >= 0.6 is 45.2 Å². The summed E-state index contributed by atoms with van der Waals surface area (Å²) in [5, 5.41) is 18.0. The number of carboxylic acid groups (broad SMARTS) is 1. The van der Waals surface area contributed by atoms with Crippen molar-refractivity contribution < 1.29 is 46.5 Å². The number of rotatable bonds is 4. The van der Waals surface area contributed by atoms with Crippen LogP contribution in [-0.4, -0.2) is 34.3 Å². The molecule has 0 aromatic heterocycles. The van der Waals surface area contributed by atoms with E-state index in [0.29, 0.717) is 0 Å². The molecule has 0 bridgehead atoms. The third-order valence-corrected chi connectivity index (χ3v) is 4.06. The number of esters is 1. The lowest BCUT2D eigenvalue weighted by atomic mass is 10.0. The summed E-state index contributed by atoms with van der Waals surface area (Å²) in [6.45, 7) is 0. The number of carbonyl (C=O) groups is 2. The summed E-state index contributed by atoms with van der Waals surface area (Å²) in [4.78, 5) is 21.5. The van der Waals surface area contributed by atoms with E-state index in [-0.39, 0.29) is 12.9 Å². The van der Waals surface area contributed by atoms with Gasteiger partial charge in [-0.1, -0.05) is 0 Å². The molecule has 2 N–H and O–H groups in total. The zero-order valence-electron chi connectivity index (χ0n) is 10.5. The fraction of sp³-hybridized carbons (Fsp3) is 0.273. The van der Waals surface area contributed by atoms with Gasteiger partial charge in [0.2, 0.25) is 6.10 Å². The molecule has 0 amide bonds. The maximum atomic E-state index is 13.7. The van der Waals surface area contributed by atoms with E-state index < -0.39 is 35.7 Å². The van der Waals surface area contributed by atoms with E-state index in [1.54, 1.807) is 0 Å². The van der Waals surface area contributed by atoms with Gasteiger partial charge in [0, 0.05) is 5.56 Å². The second-order valence-corrected chi connectivity index (χ2v) is 6.37. The predicted molar refractivity (Wildman–Crippen MR) is 81.0 cm³/mol. The number of aliphatic carboxylic acids is 1. The van der Waals surface area contributed by atoms with Gasteiger partial charge in [-0.15, -0.1) is 0 Å². The Kier molecular flexibility index (Phi) is 6.04. The standard InChI is InChI=1S/C11H5F5I2O5/c12-10(13,8(20)21)7(23-9(22)11(14,15)16)3-1-4(17)6(19)5(18)2-3/h1-2,7,19H,(H,20,21). The average molecular weight is 566 g/mol. The summed E-state index contributed by atoms with van der Waals surface area (Å²) in [6, 6.07) is 1.59. The Hall–Kier alpha value is -0.930. The van der Waals surface area contributed by atoms with E-state index in [1.165, 1.54) is 45.2 Å². The Bertz CT molecular complexity index is 623. The van der Waals surface area contributed by atoms with Crippen LogP contribution in [0.1, 0.15) is 11.7 Å². The van der Waals surface area contributed by atoms with Crippen molar-refractivity contribution in [2.24, 2.45) is 0 Å². The van der Waals surface area contributed by atoms with E-state index in [1.807, 2.05) is 0 Å². The third kappa shape index (κ3) is 4.54. The lowest BCUT2D eigenvalue weighted by molar-refractivity contribution is -0.224. The molecular formula is C11H5F5I2O5. The smallest absolute Gasteiger partial charge is 0.490 e. The lowest BCUT2D eigenvalue weighted by Gasteiger charge is -2.24. The largest absolute Gasteiger partial charge is 0.506 e. The van der Waals surface area contributed by atoms with E-state index in [9.17, 15) is 36.6 Å². The number of halogens is 7. The SMILES string of the molecule is O=C(OC(c1cc(I)c(O)c(I)c1)C(F)(F)C(=O)O)C(F)(F)F. The minimum absolute atomic E-state index is 0.0428. The highest BCUT2D eigenvalue weighted by Gasteiger charge is 2.54. The van der Waals surface area contributed by atoms with Crippen LogP contribution < -0.4 is 0 Å². The van der Waals surface area contributed by atoms with Crippen molar-refractivity contribution in [3.05, 3.63) is 24.8 Å². The Morgan fingerprint density at radius 3 is 1.87 bits per heavy atom. The van der Waals surface area contributed by atoms with Gasteiger partial charge in [-0.25, -0.2) is 9.59 Å². The lowest BCUT2D eigenvalue weighted by Crippen LogP contribution is -2.40. The molecule has 0 spiro atoms. The Balaban J connectivity index is 3.42. The zero-order chi connectivity index (χ0) is 18.2. The van der Waals surface area contributed by atoms with Gasteiger partial charge in [-0.3, -0.25) is 0 Å². The molecule has 1 aromatic carbocycles. The van der Waals surface area contributed by atoms with Crippen molar-refractivity contribution in [2.45, 2.75) is 18.2 Å². The van der Waals surface area contributed by atoms with Gasteiger partial charge in [-0.05, 0) is 57.3 Å². The van der Waals surface area contributed by atoms with E-state index in [2.05, 4.69) is 4.74 Å². The summed E-state index contributed by atoms with van der Waals surface area (Å²) in [6.07, 6.45) is -8.60. The number of phenolic OH excluding ortho intramolecular Hbond substituents is 1. The van der Waals surface area contributed by atoms with Crippen LogP contribution in [0.15, 0.2) is 12.1 Å². The van der Waals surface area contributed by atoms with E-state index >= 15 is 0 Å². The quantitative estimate of drug-likeness (QED) is 0.332. The molecule has 128 valence electrons. The van der Waals surface area contributed by atoms with Crippen LogP contribution in [-0.2, 0) is 14.3 Å². The molecule has 0 saturated heterocycles. The fourth-order valence-corrected chi connectivity index (χ4v) is 3.19. The second-order valence-electron chi connectivity index (χ2n) is 4.04. The molecule has 1 rings (SSSR count). The molecule has 0 aliphatic heterocycles. The molecule has 0 aliphatic carbocycles. The Labute approximate surface area is 152 Å². The maximum absolute atomic E-state index is 13.7. The third-order valence-electron chi connectivity index (χ3n) is 2.41. The Morgan fingerprint density at radius 2 is 1.52 bits per heavy atom. The van der Waals surface area contributed by atoms with Crippen molar-refractivity contribution in [1.82, 2.24) is 0 Å². The first kappa shape index (κ1) is 20.1. The molecule has 0 radical (unpaired) electrons. The Morgan fingerprint density at radius 1 is 1.09 bits per heavy atom. The summed E-state index contributed by atoms with van der Waals surface area (Å²) >= 11 is 2.99. The summed E-state index contributed by atoms with van der Waals surface area (Å²) in [7, 11) is 0. The number of alkyl halides is 5. The molecule has 12 heteroatoms. The van der Waals surface area contributed by atoms with Crippen LogP contribution in [0, 0.1) is 7.14 Å². The number of phenols is 1. The highest BCUT2D eigenvalue weighted by atomic mass is 127. The molecule has 0 saturated carbocycles. The number of benzene rings is 1. The average Bonchev–Trinajstić information content (AvgIpc) is 2.39. The highest BCUT2D eigenvalue weighted by Crippen LogP contribution is 2.39. The molecule has 23 heavy (non-hydrogen) atoms. The van der Waals surface area contributed by atoms with Crippen LogP contribution in [0.5, 0.6) is 5.75 Å². The normalized spacial score (nSPS) is 13.5.